The molecule has 0 aromatic heterocycles. The lowest BCUT2D eigenvalue weighted by Crippen LogP contribution is -2.41. The molecular formula is C15H22N2O. The molecule has 0 saturated carbocycles. The van der Waals surface area contributed by atoms with Gasteiger partial charge < -0.3 is 10.6 Å². The highest BCUT2D eigenvalue weighted by molar-refractivity contribution is 5.82. The largest absolute Gasteiger partial charge is 0.348 e. The van der Waals surface area contributed by atoms with Crippen LogP contribution >= 0.6 is 0 Å². The van der Waals surface area contributed by atoms with Crippen molar-refractivity contribution in [1.29, 1.82) is 0 Å². The van der Waals surface area contributed by atoms with Gasteiger partial charge in [0.05, 0.1) is 12.1 Å². The van der Waals surface area contributed by atoms with Crippen LogP contribution in [-0.2, 0) is 4.79 Å². The topological polar surface area (TPSA) is 41.1 Å². The summed E-state index contributed by atoms with van der Waals surface area (Å²) in [7, 11) is 0. The number of carbonyl (C=O) groups excluding carboxylic acids is 1. The molecule has 2 atom stereocenters. The lowest BCUT2D eigenvalue weighted by Gasteiger charge is -2.19. The Morgan fingerprint density at radius 1 is 1.44 bits per heavy atom. The maximum atomic E-state index is 12.1. The minimum absolute atomic E-state index is 0.00225. The average Bonchev–Trinajstić information content (AvgIpc) is 2.85. The lowest BCUT2D eigenvalue weighted by molar-refractivity contribution is -0.123. The first-order valence-electron chi connectivity index (χ1n) is 6.69. The van der Waals surface area contributed by atoms with Crippen LogP contribution in [0.2, 0.25) is 0 Å². The van der Waals surface area contributed by atoms with Crippen molar-refractivity contribution in [2.24, 2.45) is 0 Å². The van der Waals surface area contributed by atoms with E-state index in [1.54, 1.807) is 0 Å². The number of aryl methyl sites for hydroxylation is 2. The number of hydrogen-bond donors (Lipinski definition) is 2. The molecule has 1 amide bonds. The minimum atomic E-state index is -0.00225. The molecule has 1 aliphatic rings. The van der Waals surface area contributed by atoms with Gasteiger partial charge in [0.1, 0.15) is 0 Å². The van der Waals surface area contributed by atoms with Crippen LogP contribution < -0.4 is 10.6 Å². The summed E-state index contributed by atoms with van der Waals surface area (Å²) < 4.78 is 0. The van der Waals surface area contributed by atoms with E-state index in [2.05, 4.69) is 49.6 Å². The van der Waals surface area contributed by atoms with Crippen LogP contribution in [0.1, 0.15) is 42.5 Å². The zero-order valence-electron chi connectivity index (χ0n) is 11.4. The van der Waals surface area contributed by atoms with Crippen molar-refractivity contribution in [2.75, 3.05) is 6.54 Å². The molecule has 1 aromatic carbocycles. The summed E-state index contributed by atoms with van der Waals surface area (Å²) >= 11 is 0. The summed E-state index contributed by atoms with van der Waals surface area (Å²) in [5.41, 5.74) is 3.67. The fraction of sp³-hybridized carbons (Fsp3) is 0.533. The first kappa shape index (κ1) is 13.1. The fourth-order valence-corrected chi connectivity index (χ4v) is 2.53. The molecule has 2 unspecified atom stereocenters. The molecule has 0 radical (unpaired) electrons. The van der Waals surface area contributed by atoms with Crippen molar-refractivity contribution in [1.82, 2.24) is 10.6 Å². The van der Waals surface area contributed by atoms with Crippen LogP contribution in [-0.4, -0.2) is 18.5 Å². The van der Waals surface area contributed by atoms with Gasteiger partial charge in [-0.3, -0.25) is 4.79 Å². The number of amides is 1. The summed E-state index contributed by atoms with van der Waals surface area (Å²) in [6.07, 6.45) is 2.04. The van der Waals surface area contributed by atoms with E-state index < -0.39 is 0 Å². The van der Waals surface area contributed by atoms with E-state index in [-0.39, 0.29) is 18.0 Å². The number of rotatable bonds is 3. The van der Waals surface area contributed by atoms with Gasteiger partial charge in [-0.25, -0.2) is 0 Å². The van der Waals surface area contributed by atoms with Gasteiger partial charge in [-0.2, -0.15) is 0 Å². The van der Waals surface area contributed by atoms with Crippen molar-refractivity contribution in [2.45, 2.75) is 45.7 Å². The number of hydrogen-bond acceptors (Lipinski definition) is 2. The highest BCUT2D eigenvalue weighted by atomic mass is 16.2. The summed E-state index contributed by atoms with van der Waals surface area (Å²) in [5.74, 6) is 0.126. The molecule has 1 aliphatic heterocycles. The molecule has 0 aliphatic carbocycles. The molecule has 3 heteroatoms. The Labute approximate surface area is 109 Å². The predicted molar refractivity (Wildman–Crippen MR) is 73.5 cm³/mol. The van der Waals surface area contributed by atoms with E-state index in [1.807, 2.05) is 0 Å². The predicted octanol–water partition coefficient (Wildman–Crippen LogP) is 2.23. The average molecular weight is 246 g/mol. The molecule has 0 spiro atoms. The molecule has 1 fully saturated rings. The fourth-order valence-electron chi connectivity index (χ4n) is 2.53. The van der Waals surface area contributed by atoms with E-state index in [1.165, 1.54) is 16.7 Å². The van der Waals surface area contributed by atoms with E-state index in [0.717, 1.165) is 19.4 Å². The second-order valence-electron chi connectivity index (χ2n) is 5.24. The Kier molecular flexibility index (Phi) is 4.02. The van der Waals surface area contributed by atoms with Crippen LogP contribution in [0.25, 0.3) is 0 Å². The van der Waals surface area contributed by atoms with E-state index in [0.29, 0.717) is 0 Å². The monoisotopic (exact) mass is 246 g/mol. The van der Waals surface area contributed by atoms with Crippen LogP contribution in [0.5, 0.6) is 0 Å². The van der Waals surface area contributed by atoms with Crippen molar-refractivity contribution in [3.63, 3.8) is 0 Å². The molecule has 1 heterocycles. The summed E-state index contributed by atoms with van der Waals surface area (Å²) in [6, 6.07) is 6.44. The molecule has 2 rings (SSSR count). The van der Waals surface area contributed by atoms with Crippen LogP contribution in [0.4, 0.5) is 0 Å². The third kappa shape index (κ3) is 2.91. The molecule has 18 heavy (non-hydrogen) atoms. The smallest absolute Gasteiger partial charge is 0.237 e. The third-order valence-corrected chi connectivity index (χ3v) is 3.64. The maximum absolute atomic E-state index is 12.1. The second kappa shape index (κ2) is 5.53. The van der Waals surface area contributed by atoms with E-state index in [9.17, 15) is 4.79 Å². The SMILES string of the molecule is Cc1ccc(C)c(C(C)NC(=O)C2CCCN2)c1. The first-order chi connectivity index (χ1) is 8.58. The Morgan fingerprint density at radius 3 is 2.89 bits per heavy atom. The van der Waals surface area contributed by atoms with Gasteiger partial charge in [0.2, 0.25) is 5.91 Å². The molecule has 2 N–H and O–H groups in total. The third-order valence-electron chi connectivity index (χ3n) is 3.64. The van der Waals surface area contributed by atoms with Gasteiger partial charge in [0.15, 0.2) is 0 Å². The molecule has 1 saturated heterocycles. The zero-order chi connectivity index (χ0) is 13.1. The molecule has 3 nitrogen and oxygen atoms in total. The normalized spacial score (nSPS) is 20.7. The van der Waals surface area contributed by atoms with Crippen molar-refractivity contribution in [3.05, 3.63) is 34.9 Å². The lowest BCUT2D eigenvalue weighted by atomic mass is 9.99. The minimum Gasteiger partial charge on any atom is -0.348 e. The summed E-state index contributed by atoms with van der Waals surface area (Å²) in [6.45, 7) is 7.17. The molecule has 1 aromatic rings. The number of carbonyl (C=O) groups is 1. The summed E-state index contributed by atoms with van der Waals surface area (Å²) in [5, 5.41) is 6.33. The highest BCUT2D eigenvalue weighted by Gasteiger charge is 2.23. The quantitative estimate of drug-likeness (QED) is 0.858. The van der Waals surface area contributed by atoms with Gasteiger partial charge in [0.25, 0.3) is 0 Å². The van der Waals surface area contributed by atoms with Gasteiger partial charge in [-0.05, 0) is 51.3 Å². The highest BCUT2D eigenvalue weighted by Crippen LogP contribution is 2.19. The zero-order valence-corrected chi connectivity index (χ0v) is 11.4. The standard InChI is InChI=1S/C15H22N2O/c1-10-6-7-11(2)13(9-10)12(3)17-15(18)14-5-4-8-16-14/h6-7,9,12,14,16H,4-5,8H2,1-3H3,(H,17,18). The van der Waals surface area contributed by atoms with E-state index >= 15 is 0 Å². The Hall–Kier alpha value is -1.35. The van der Waals surface area contributed by atoms with Gasteiger partial charge in [0, 0.05) is 0 Å². The molecular weight excluding hydrogens is 224 g/mol. The van der Waals surface area contributed by atoms with Gasteiger partial charge >= 0.3 is 0 Å². The molecule has 0 bridgehead atoms. The number of benzene rings is 1. The molecule has 98 valence electrons. The van der Waals surface area contributed by atoms with Crippen molar-refractivity contribution < 1.29 is 4.79 Å². The maximum Gasteiger partial charge on any atom is 0.237 e. The van der Waals surface area contributed by atoms with Crippen molar-refractivity contribution in [3.8, 4) is 0 Å². The van der Waals surface area contributed by atoms with Gasteiger partial charge in [-0.15, -0.1) is 0 Å². The van der Waals surface area contributed by atoms with Crippen LogP contribution in [0.15, 0.2) is 18.2 Å². The Balaban J connectivity index is 2.04. The van der Waals surface area contributed by atoms with Gasteiger partial charge in [-0.1, -0.05) is 23.8 Å². The Bertz CT molecular complexity index is 436. The second-order valence-corrected chi connectivity index (χ2v) is 5.24. The van der Waals surface area contributed by atoms with Crippen molar-refractivity contribution >= 4 is 5.91 Å². The van der Waals surface area contributed by atoms with Crippen LogP contribution in [0.3, 0.4) is 0 Å². The van der Waals surface area contributed by atoms with E-state index in [4.69, 9.17) is 0 Å². The Morgan fingerprint density at radius 2 is 2.22 bits per heavy atom. The number of nitrogens with one attached hydrogen (secondary N) is 2. The first-order valence-corrected chi connectivity index (χ1v) is 6.69. The summed E-state index contributed by atoms with van der Waals surface area (Å²) in [4.78, 5) is 12.1. The van der Waals surface area contributed by atoms with Crippen LogP contribution in [0, 0.1) is 13.8 Å².